The maximum Gasteiger partial charge on any atom is 0.244 e. The Hall–Kier alpha value is -2.02. The van der Waals surface area contributed by atoms with Gasteiger partial charge >= 0.3 is 0 Å². The Kier molecular flexibility index (Phi) is 5.78. The number of nitrogens with one attached hydrogen (secondary N) is 1. The van der Waals surface area contributed by atoms with Gasteiger partial charge in [-0.05, 0) is 6.07 Å². The minimum atomic E-state index is -4.31. The summed E-state index contributed by atoms with van der Waals surface area (Å²) >= 11 is 0. The van der Waals surface area contributed by atoms with Crippen LogP contribution in [0.3, 0.4) is 0 Å². The SMILES string of the molecule is NCC#Cc1cc(F)cc(F)c1S(=O)(=O)NCCC(N)=O. The molecule has 1 aromatic rings. The molecule has 5 N–H and O–H groups in total. The van der Waals surface area contributed by atoms with Crippen LogP contribution in [0.15, 0.2) is 17.0 Å². The smallest absolute Gasteiger partial charge is 0.244 e. The molecule has 0 unspecified atom stereocenters. The van der Waals surface area contributed by atoms with Crippen molar-refractivity contribution in [3.05, 3.63) is 29.3 Å². The number of primary amides is 1. The number of sulfonamides is 1. The Bertz CT molecular complexity index is 708. The summed E-state index contributed by atoms with van der Waals surface area (Å²) in [5.74, 6) is 1.64. The molecule has 0 aliphatic carbocycles. The summed E-state index contributed by atoms with van der Waals surface area (Å²) in [6.45, 7) is -0.412. The molecule has 0 spiro atoms. The van der Waals surface area contributed by atoms with Gasteiger partial charge < -0.3 is 11.5 Å². The maximum absolute atomic E-state index is 13.8. The summed E-state index contributed by atoms with van der Waals surface area (Å²) in [5, 5.41) is 0. The standard InChI is InChI=1S/C12H13F2N3O3S/c13-9-6-8(2-1-4-15)12(10(14)7-9)21(19,20)17-5-3-11(16)18/h6-7,17H,3-5,15H2,(H2,16,18). The first-order valence-electron chi connectivity index (χ1n) is 5.74. The molecule has 0 bridgehead atoms. The van der Waals surface area contributed by atoms with Crippen molar-refractivity contribution in [2.24, 2.45) is 11.5 Å². The summed E-state index contributed by atoms with van der Waals surface area (Å²) in [5.41, 5.74) is 9.66. The van der Waals surface area contributed by atoms with Crippen molar-refractivity contribution < 1.29 is 22.0 Å². The Morgan fingerprint density at radius 1 is 1.33 bits per heavy atom. The minimum Gasteiger partial charge on any atom is -0.370 e. The number of nitrogens with two attached hydrogens (primary N) is 2. The van der Waals surface area contributed by atoms with Gasteiger partial charge in [0.1, 0.15) is 16.5 Å². The third-order valence-electron chi connectivity index (χ3n) is 2.27. The molecule has 1 rings (SSSR count). The van der Waals surface area contributed by atoms with Crippen LogP contribution >= 0.6 is 0 Å². The monoisotopic (exact) mass is 317 g/mol. The molecule has 1 amide bonds. The summed E-state index contributed by atoms with van der Waals surface area (Å²) < 4.78 is 52.9. The van der Waals surface area contributed by atoms with Crippen molar-refractivity contribution in [2.45, 2.75) is 11.3 Å². The zero-order valence-electron chi connectivity index (χ0n) is 10.8. The van der Waals surface area contributed by atoms with E-state index in [4.69, 9.17) is 11.5 Å². The van der Waals surface area contributed by atoms with Crippen molar-refractivity contribution in [1.82, 2.24) is 4.72 Å². The van der Waals surface area contributed by atoms with Gasteiger partial charge in [-0.3, -0.25) is 4.79 Å². The van der Waals surface area contributed by atoms with Crippen LogP contribution in [0.1, 0.15) is 12.0 Å². The van der Waals surface area contributed by atoms with E-state index >= 15 is 0 Å². The third-order valence-corrected chi connectivity index (χ3v) is 3.80. The molecule has 6 nitrogen and oxygen atoms in total. The van der Waals surface area contributed by atoms with E-state index in [-0.39, 0.29) is 25.1 Å². The Morgan fingerprint density at radius 2 is 2.00 bits per heavy atom. The number of hydrogen-bond acceptors (Lipinski definition) is 4. The van der Waals surface area contributed by atoms with Crippen LogP contribution in [0.25, 0.3) is 0 Å². The molecular weight excluding hydrogens is 304 g/mol. The van der Waals surface area contributed by atoms with Crippen LogP contribution in [0.5, 0.6) is 0 Å². The number of halogens is 2. The van der Waals surface area contributed by atoms with Gasteiger partial charge in [-0.2, -0.15) is 0 Å². The highest BCUT2D eigenvalue weighted by molar-refractivity contribution is 7.89. The second kappa shape index (κ2) is 7.12. The van der Waals surface area contributed by atoms with Crippen LogP contribution < -0.4 is 16.2 Å². The zero-order chi connectivity index (χ0) is 16.0. The van der Waals surface area contributed by atoms with E-state index in [2.05, 4.69) is 11.8 Å². The minimum absolute atomic E-state index is 0.104. The fraction of sp³-hybridized carbons (Fsp3) is 0.250. The molecule has 0 saturated heterocycles. The van der Waals surface area contributed by atoms with Gasteiger partial charge in [0.15, 0.2) is 0 Å². The predicted molar refractivity (Wildman–Crippen MR) is 71.3 cm³/mol. The van der Waals surface area contributed by atoms with Crippen molar-refractivity contribution >= 4 is 15.9 Å². The topological polar surface area (TPSA) is 115 Å². The molecule has 0 aliphatic heterocycles. The lowest BCUT2D eigenvalue weighted by atomic mass is 10.2. The van der Waals surface area contributed by atoms with E-state index in [0.717, 1.165) is 6.07 Å². The van der Waals surface area contributed by atoms with E-state index in [1.54, 1.807) is 0 Å². The highest BCUT2D eigenvalue weighted by Crippen LogP contribution is 2.20. The van der Waals surface area contributed by atoms with Gasteiger partial charge in [0.25, 0.3) is 0 Å². The Labute approximate surface area is 120 Å². The summed E-state index contributed by atoms with van der Waals surface area (Å²) in [6, 6.07) is 1.21. The molecule has 0 aromatic heterocycles. The van der Waals surface area contributed by atoms with Gasteiger partial charge in [0.05, 0.1) is 12.1 Å². The molecule has 0 radical (unpaired) electrons. The molecule has 21 heavy (non-hydrogen) atoms. The fourth-order valence-electron chi connectivity index (χ4n) is 1.45. The Balaban J connectivity index is 3.24. The Morgan fingerprint density at radius 3 is 2.57 bits per heavy atom. The molecule has 0 fully saturated rings. The number of rotatable bonds is 5. The third kappa shape index (κ3) is 4.78. The van der Waals surface area contributed by atoms with E-state index < -0.39 is 32.5 Å². The molecule has 114 valence electrons. The highest BCUT2D eigenvalue weighted by atomic mass is 32.2. The maximum atomic E-state index is 13.8. The molecule has 0 saturated carbocycles. The average Bonchev–Trinajstić information content (AvgIpc) is 2.34. The van der Waals surface area contributed by atoms with E-state index in [1.807, 2.05) is 4.72 Å². The number of hydrogen-bond donors (Lipinski definition) is 3. The molecule has 0 aliphatic rings. The fourth-order valence-corrected chi connectivity index (χ4v) is 2.68. The van der Waals surface area contributed by atoms with Crippen LogP contribution in [0.2, 0.25) is 0 Å². The quantitative estimate of drug-likeness (QED) is 0.631. The van der Waals surface area contributed by atoms with Crippen LogP contribution in [-0.2, 0) is 14.8 Å². The van der Waals surface area contributed by atoms with E-state index in [1.165, 1.54) is 0 Å². The van der Waals surface area contributed by atoms with Gasteiger partial charge in [-0.15, -0.1) is 0 Å². The first-order valence-corrected chi connectivity index (χ1v) is 7.22. The van der Waals surface area contributed by atoms with Crippen molar-refractivity contribution in [3.8, 4) is 11.8 Å². The van der Waals surface area contributed by atoms with Crippen molar-refractivity contribution in [3.63, 3.8) is 0 Å². The predicted octanol–water partition coefficient (Wildman–Crippen LogP) is -0.571. The van der Waals surface area contributed by atoms with Crippen LogP contribution in [-0.4, -0.2) is 27.4 Å². The molecule has 9 heteroatoms. The lowest BCUT2D eigenvalue weighted by molar-refractivity contribution is -0.117. The first-order chi connectivity index (χ1) is 9.77. The van der Waals surface area contributed by atoms with E-state index in [9.17, 15) is 22.0 Å². The number of benzene rings is 1. The van der Waals surface area contributed by atoms with Crippen LogP contribution in [0.4, 0.5) is 8.78 Å². The zero-order valence-corrected chi connectivity index (χ0v) is 11.6. The summed E-state index contributed by atoms with van der Waals surface area (Å²) in [6.07, 6.45) is -0.258. The molecule has 1 aromatic carbocycles. The lowest BCUT2D eigenvalue weighted by Crippen LogP contribution is -2.29. The van der Waals surface area contributed by atoms with Gasteiger partial charge in [0, 0.05) is 19.0 Å². The highest BCUT2D eigenvalue weighted by Gasteiger charge is 2.23. The van der Waals surface area contributed by atoms with Gasteiger partial charge in [-0.1, -0.05) is 11.8 Å². The molecule has 0 heterocycles. The lowest BCUT2D eigenvalue weighted by Gasteiger charge is -2.09. The van der Waals surface area contributed by atoms with Gasteiger partial charge in [0.2, 0.25) is 15.9 Å². The van der Waals surface area contributed by atoms with Crippen molar-refractivity contribution in [1.29, 1.82) is 0 Å². The van der Waals surface area contributed by atoms with Crippen molar-refractivity contribution in [2.75, 3.05) is 13.1 Å². The largest absolute Gasteiger partial charge is 0.370 e. The summed E-state index contributed by atoms with van der Waals surface area (Å²) in [4.78, 5) is 9.77. The van der Waals surface area contributed by atoms with Gasteiger partial charge in [-0.25, -0.2) is 21.9 Å². The number of carbonyl (C=O) groups is 1. The molecule has 0 atom stereocenters. The van der Waals surface area contributed by atoms with Crippen LogP contribution in [0, 0.1) is 23.5 Å². The number of carbonyl (C=O) groups excluding carboxylic acids is 1. The average molecular weight is 317 g/mol. The van der Waals surface area contributed by atoms with E-state index in [0.29, 0.717) is 6.07 Å². The molecular formula is C12H13F2N3O3S. The normalized spacial score (nSPS) is 10.8. The summed E-state index contributed by atoms with van der Waals surface area (Å²) in [7, 11) is -4.31. The second-order valence-electron chi connectivity index (χ2n) is 3.88. The second-order valence-corrected chi connectivity index (χ2v) is 5.59. The first kappa shape index (κ1) is 17.0. The number of amides is 1.